The highest BCUT2D eigenvalue weighted by molar-refractivity contribution is 6.76. The third-order valence-electron chi connectivity index (χ3n) is 3.01. The van der Waals surface area contributed by atoms with Crippen LogP contribution in [0.5, 0.6) is 0 Å². The first kappa shape index (κ1) is 20.3. The Hall–Kier alpha value is 0.314. The molecule has 0 amide bonds. The summed E-state index contributed by atoms with van der Waals surface area (Å²) in [6.45, 7) is 18.6. The van der Waals surface area contributed by atoms with Crippen LogP contribution in [0.2, 0.25) is 44.8 Å². The van der Waals surface area contributed by atoms with E-state index in [0.717, 1.165) is 19.1 Å². The fourth-order valence-corrected chi connectivity index (χ4v) is 8.39. The highest BCUT2D eigenvalue weighted by Gasteiger charge is 2.34. The van der Waals surface area contributed by atoms with Crippen LogP contribution in [0.4, 0.5) is 0 Å². The lowest BCUT2D eigenvalue weighted by Crippen LogP contribution is -2.44. The van der Waals surface area contributed by atoms with Gasteiger partial charge in [0.25, 0.3) is 0 Å². The molecular formula is C15H36O3Si2. The molecule has 0 aromatic heterocycles. The first-order valence-electron chi connectivity index (χ1n) is 7.74. The minimum absolute atomic E-state index is 0.0249. The average molecular weight is 321 g/mol. The Morgan fingerprint density at radius 2 is 1.50 bits per heavy atom. The van der Waals surface area contributed by atoms with Crippen molar-refractivity contribution < 1.29 is 13.9 Å². The minimum atomic E-state index is -1.60. The molecule has 0 radical (unpaired) electrons. The van der Waals surface area contributed by atoms with Crippen LogP contribution in [0, 0.1) is 0 Å². The molecule has 3 nitrogen and oxygen atoms in total. The number of rotatable bonds is 11. The van der Waals surface area contributed by atoms with Crippen LogP contribution in [0.3, 0.4) is 0 Å². The van der Waals surface area contributed by atoms with E-state index >= 15 is 0 Å². The van der Waals surface area contributed by atoms with Gasteiger partial charge >= 0.3 is 0 Å². The first-order valence-corrected chi connectivity index (χ1v) is 14.6. The van der Waals surface area contributed by atoms with E-state index in [2.05, 4.69) is 46.6 Å². The predicted molar refractivity (Wildman–Crippen MR) is 92.9 cm³/mol. The minimum Gasteiger partial charge on any atom is -0.413 e. The summed E-state index contributed by atoms with van der Waals surface area (Å²) >= 11 is 0. The van der Waals surface area contributed by atoms with Crippen molar-refractivity contribution in [3.05, 3.63) is 0 Å². The number of methoxy groups -OCH3 is 1. The highest BCUT2D eigenvalue weighted by atomic mass is 28.4. The van der Waals surface area contributed by atoms with Crippen LogP contribution in [-0.4, -0.2) is 48.9 Å². The molecule has 0 rings (SSSR count). The summed E-state index contributed by atoms with van der Waals surface area (Å²) in [5.41, 5.74) is 0.0249. The molecule has 0 unspecified atom stereocenters. The summed E-state index contributed by atoms with van der Waals surface area (Å²) in [4.78, 5) is 0. The van der Waals surface area contributed by atoms with Gasteiger partial charge in [-0.15, -0.1) is 0 Å². The van der Waals surface area contributed by atoms with E-state index in [0.29, 0.717) is 13.2 Å². The largest absolute Gasteiger partial charge is 0.413 e. The maximum atomic E-state index is 6.52. The summed E-state index contributed by atoms with van der Waals surface area (Å²) in [5.74, 6) is 0. The summed E-state index contributed by atoms with van der Waals surface area (Å²) in [5, 5.41) is 0. The van der Waals surface area contributed by atoms with E-state index in [-0.39, 0.29) is 5.60 Å². The topological polar surface area (TPSA) is 27.7 Å². The monoisotopic (exact) mass is 320 g/mol. The lowest BCUT2D eigenvalue weighted by atomic mass is 10.2. The molecular weight excluding hydrogens is 284 g/mol. The van der Waals surface area contributed by atoms with Crippen molar-refractivity contribution in [1.29, 1.82) is 0 Å². The van der Waals surface area contributed by atoms with Crippen LogP contribution < -0.4 is 0 Å². The van der Waals surface area contributed by atoms with Crippen molar-refractivity contribution in [3.8, 4) is 0 Å². The Bertz CT molecular complexity index is 260. The second kappa shape index (κ2) is 8.68. The zero-order valence-corrected chi connectivity index (χ0v) is 17.0. The van der Waals surface area contributed by atoms with Crippen molar-refractivity contribution in [2.24, 2.45) is 0 Å². The maximum absolute atomic E-state index is 6.52. The molecule has 0 atom stereocenters. The molecule has 0 aliphatic heterocycles. The molecule has 0 aliphatic carbocycles. The predicted octanol–water partition coefficient (Wildman–Crippen LogP) is 4.38. The van der Waals surface area contributed by atoms with Crippen molar-refractivity contribution in [1.82, 2.24) is 0 Å². The smallest absolute Gasteiger partial charge is 0.187 e. The van der Waals surface area contributed by atoms with Crippen LogP contribution in [-0.2, 0) is 13.9 Å². The van der Waals surface area contributed by atoms with Gasteiger partial charge in [0.15, 0.2) is 8.32 Å². The number of hydrogen-bond acceptors (Lipinski definition) is 3. The van der Waals surface area contributed by atoms with Crippen molar-refractivity contribution in [2.45, 2.75) is 70.7 Å². The Morgan fingerprint density at radius 1 is 0.900 bits per heavy atom. The Kier molecular flexibility index (Phi) is 8.82. The molecule has 0 bridgehead atoms. The lowest BCUT2D eigenvalue weighted by Gasteiger charge is -2.38. The SMILES string of the molecule is COCCOCCC[Si](C)(C)OC(C)(C)C[Si](C)(C)C. The molecule has 0 aromatic rings. The summed E-state index contributed by atoms with van der Waals surface area (Å²) in [6.07, 6.45) is 1.09. The maximum Gasteiger partial charge on any atom is 0.187 e. The van der Waals surface area contributed by atoms with Gasteiger partial charge in [-0.2, -0.15) is 0 Å². The quantitative estimate of drug-likeness (QED) is 0.418. The Labute approximate surface area is 128 Å². The summed E-state index contributed by atoms with van der Waals surface area (Å²) in [7, 11) is -0.981. The Morgan fingerprint density at radius 3 is 2.00 bits per heavy atom. The van der Waals surface area contributed by atoms with Gasteiger partial charge in [0.05, 0.1) is 13.2 Å². The van der Waals surface area contributed by atoms with Gasteiger partial charge in [-0.25, -0.2) is 0 Å². The molecule has 0 aliphatic rings. The number of hydrogen-bond donors (Lipinski definition) is 0. The van der Waals surface area contributed by atoms with Gasteiger partial charge in [-0.05, 0) is 45.5 Å². The number of ether oxygens (including phenoxy) is 2. The standard InChI is InChI=1S/C15H36O3Si2/c1-15(2,14-19(4,5)6)18-20(7,8)13-9-10-17-12-11-16-3/h9-14H2,1-8H3. The summed E-state index contributed by atoms with van der Waals surface area (Å²) in [6, 6.07) is 2.38. The van der Waals surface area contributed by atoms with Crippen LogP contribution in [0.1, 0.15) is 20.3 Å². The first-order chi connectivity index (χ1) is 8.97. The molecule has 0 saturated heterocycles. The van der Waals surface area contributed by atoms with E-state index in [1.54, 1.807) is 7.11 Å². The molecule has 0 saturated carbocycles. The Balaban J connectivity index is 4.04. The average Bonchev–Trinajstić information content (AvgIpc) is 2.17. The third-order valence-corrected chi connectivity index (χ3v) is 7.58. The van der Waals surface area contributed by atoms with Gasteiger partial charge in [0.1, 0.15) is 0 Å². The zero-order chi connectivity index (χ0) is 15.9. The van der Waals surface area contributed by atoms with E-state index in [4.69, 9.17) is 13.9 Å². The van der Waals surface area contributed by atoms with Crippen LogP contribution >= 0.6 is 0 Å². The molecule has 0 N–H and O–H groups in total. The van der Waals surface area contributed by atoms with Gasteiger partial charge < -0.3 is 13.9 Å². The second-order valence-corrected chi connectivity index (χ2v) is 17.8. The molecule has 122 valence electrons. The van der Waals surface area contributed by atoms with Gasteiger partial charge in [0, 0.05) is 27.4 Å². The van der Waals surface area contributed by atoms with Crippen LogP contribution in [0.15, 0.2) is 0 Å². The fraction of sp³-hybridized carbons (Fsp3) is 1.00. The molecule has 0 spiro atoms. The normalized spacial score (nSPS) is 13.8. The molecule has 5 heteroatoms. The van der Waals surface area contributed by atoms with E-state index in [1.807, 2.05) is 0 Å². The summed E-state index contributed by atoms with van der Waals surface area (Å²) < 4.78 is 17.0. The van der Waals surface area contributed by atoms with Gasteiger partial charge in [-0.3, -0.25) is 0 Å². The van der Waals surface area contributed by atoms with E-state index < -0.39 is 16.4 Å². The van der Waals surface area contributed by atoms with Gasteiger partial charge in [-0.1, -0.05) is 19.6 Å². The molecule has 20 heavy (non-hydrogen) atoms. The van der Waals surface area contributed by atoms with Crippen molar-refractivity contribution in [3.63, 3.8) is 0 Å². The van der Waals surface area contributed by atoms with Crippen LogP contribution in [0.25, 0.3) is 0 Å². The van der Waals surface area contributed by atoms with Gasteiger partial charge in [0.2, 0.25) is 0 Å². The highest BCUT2D eigenvalue weighted by Crippen LogP contribution is 2.29. The van der Waals surface area contributed by atoms with Crippen molar-refractivity contribution >= 4 is 16.4 Å². The zero-order valence-electron chi connectivity index (χ0n) is 15.0. The molecule has 0 aromatic carbocycles. The fourth-order valence-electron chi connectivity index (χ4n) is 2.96. The van der Waals surface area contributed by atoms with E-state index in [9.17, 15) is 0 Å². The molecule has 0 heterocycles. The van der Waals surface area contributed by atoms with Crippen molar-refractivity contribution in [2.75, 3.05) is 26.9 Å². The second-order valence-electron chi connectivity index (χ2n) is 8.07. The molecule has 0 fully saturated rings. The third kappa shape index (κ3) is 12.1. The lowest BCUT2D eigenvalue weighted by molar-refractivity contribution is 0.0694. The van der Waals surface area contributed by atoms with E-state index in [1.165, 1.54) is 6.04 Å².